The fourth-order valence-electron chi connectivity index (χ4n) is 3.31. The van der Waals surface area contributed by atoms with Gasteiger partial charge < -0.3 is 10.1 Å². The third-order valence-electron chi connectivity index (χ3n) is 4.57. The maximum Gasteiger partial charge on any atom is 0.227 e. The van der Waals surface area contributed by atoms with E-state index in [1.807, 2.05) is 13.8 Å². The van der Waals surface area contributed by atoms with Crippen LogP contribution in [0.3, 0.4) is 0 Å². The van der Waals surface area contributed by atoms with Gasteiger partial charge in [0.25, 0.3) is 0 Å². The molecule has 0 aliphatic heterocycles. The molecule has 1 N–H and O–H groups in total. The number of nitrogens with zero attached hydrogens (tertiary/aromatic N) is 2. The summed E-state index contributed by atoms with van der Waals surface area (Å²) in [6.07, 6.45) is 0. The van der Waals surface area contributed by atoms with E-state index in [2.05, 4.69) is 10.3 Å². The predicted molar refractivity (Wildman–Crippen MR) is 113 cm³/mol. The molecule has 0 radical (unpaired) electrons. The van der Waals surface area contributed by atoms with Crippen molar-refractivity contribution < 1.29 is 13.5 Å². The molecule has 0 saturated carbocycles. The van der Waals surface area contributed by atoms with Crippen LogP contribution in [0.2, 0.25) is 0 Å². The Morgan fingerprint density at radius 2 is 1.63 bits per heavy atom. The van der Waals surface area contributed by atoms with Gasteiger partial charge in [0, 0.05) is 23.1 Å². The third-order valence-corrected chi connectivity index (χ3v) is 4.57. The third kappa shape index (κ3) is 3.74. The second-order valence-corrected chi connectivity index (χ2v) is 6.73. The number of aromatic nitrogens is 2. The summed E-state index contributed by atoms with van der Waals surface area (Å²) in [7, 11) is 0. The molecule has 30 heavy (non-hydrogen) atoms. The number of rotatable bonds is 5. The molecule has 4 rings (SSSR count). The van der Waals surface area contributed by atoms with E-state index in [9.17, 15) is 13.6 Å². The number of benzene rings is 2. The number of nitrogens with one attached hydrogen (secondary N) is 1. The Labute approximate surface area is 171 Å². The highest BCUT2D eigenvalue weighted by Crippen LogP contribution is 2.29. The van der Waals surface area contributed by atoms with Crippen molar-refractivity contribution in [3.63, 3.8) is 0 Å². The Hall–Kier alpha value is -3.74. The minimum Gasteiger partial charge on any atom is -0.477 e. The molecule has 0 saturated heterocycles. The van der Waals surface area contributed by atoms with Gasteiger partial charge in [0.05, 0.1) is 12.1 Å². The molecule has 0 atom stereocenters. The van der Waals surface area contributed by atoms with E-state index in [1.54, 1.807) is 34.9 Å². The number of hydrogen-bond donors (Lipinski definition) is 1. The molecule has 5 nitrogen and oxygen atoms in total. The van der Waals surface area contributed by atoms with Crippen molar-refractivity contribution in [1.29, 1.82) is 0 Å². The molecule has 0 amide bonds. The highest BCUT2D eigenvalue weighted by molar-refractivity contribution is 5.88. The van der Waals surface area contributed by atoms with Gasteiger partial charge in [0.15, 0.2) is 5.43 Å². The number of halogens is 2. The molecule has 0 spiro atoms. The van der Waals surface area contributed by atoms with E-state index < -0.39 is 0 Å². The fourth-order valence-corrected chi connectivity index (χ4v) is 3.31. The largest absolute Gasteiger partial charge is 0.477 e. The minimum absolute atomic E-state index is 0.252. The van der Waals surface area contributed by atoms with Crippen LogP contribution in [0.4, 0.5) is 20.3 Å². The molecule has 0 bridgehead atoms. The van der Waals surface area contributed by atoms with Gasteiger partial charge in [-0.05, 0) is 68.4 Å². The Balaban J connectivity index is 2.02. The van der Waals surface area contributed by atoms with Gasteiger partial charge >= 0.3 is 0 Å². The summed E-state index contributed by atoms with van der Waals surface area (Å²) < 4.78 is 34.3. The number of anilines is 2. The van der Waals surface area contributed by atoms with Crippen molar-refractivity contribution >= 4 is 22.4 Å². The van der Waals surface area contributed by atoms with Crippen LogP contribution in [0.25, 0.3) is 16.6 Å². The van der Waals surface area contributed by atoms with Gasteiger partial charge in [-0.15, -0.1) is 0 Å². The van der Waals surface area contributed by atoms with E-state index in [1.165, 1.54) is 30.3 Å². The molecule has 0 unspecified atom stereocenters. The minimum atomic E-state index is -0.370. The molecule has 7 heteroatoms. The molecule has 4 aromatic rings. The molecule has 2 heterocycles. The topological polar surface area (TPSA) is 56.1 Å². The zero-order valence-electron chi connectivity index (χ0n) is 16.4. The normalized spacial score (nSPS) is 10.9. The van der Waals surface area contributed by atoms with Gasteiger partial charge in [-0.25, -0.2) is 13.8 Å². The van der Waals surface area contributed by atoms with E-state index >= 15 is 0 Å². The smallest absolute Gasteiger partial charge is 0.227 e. The van der Waals surface area contributed by atoms with E-state index in [4.69, 9.17) is 4.74 Å². The lowest BCUT2D eigenvalue weighted by Gasteiger charge is -2.19. The van der Waals surface area contributed by atoms with Crippen molar-refractivity contribution in [3.05, 3.63) is 88.2 Å². The summed E-state index contributed by atoms with van der Waals surface area (Å²) in [6.45, 7) is 3.98. The van der Waals surface area contributed by atoms with Gasteiger partial charge in [-0.1, -0.05) is 0 Å². The monoisotopic (exact) mass is 407 g/mol. The van der Waals surface area contributed by atoms with Crippen LogP contribution in [0.15, 0.2) is 65.5 Å². The zero-order valence-corrected chi connectivity index (χ0v) is 16.4. The lowest BCUT2D eigenvalue weighted by atomic mass is 10.2. The van der Waals surface area contributed by atoms with Crippen LogP contribution in [0.5, 0.6) is 5.88 Å². The van der Waals surface area contributed by atoms with Gasteiger partial charge in [-0.3, -0.25) is 9.36 Å². The summed E-state index contributed by atoms with van der Waals surface area (Å²) in [5.41, 5.74) is 2.19. The summed E-state index contributed by atoms with van der Waals surface area (Å²) >= 11 is 0. The summed E-state index contributed by atoms with van der Waals surface area (Å²) in [6, 6.07) is 14.9. The van der Waals surface area contributed by atoms with Crippen LogP contribution in [-0.4, -0.2) is 16.2 Å². The summed E-state index contributed by atoms with van der Waals surface area (Å²) in [5, 5.41) is 3.49. The van der Waals surface area contributed by atoms with Gasteiger partial charge in [-0.2, -0.15) is 0 Å². The van der Waals surface area contributed by atoms with Crippen LogP contribution in [0, 0.1) is 18.6 Å². The average Bonchev–Trinajstić information content (AvgIpc) is 2.71. The Morgan fingerprint density at radius 3 is 2.27 bits per heavy atom. The highest BCUT2D eigenvalue weighted by Gasteiger charge is 2.17. The standard InChI is InChI=1S/C23H19F2N3O2/c1-3-30-23-22-19(12-14(2)26-23)28(18-10-6-16(25)7-11-18)21(13-20(22)29)27-17-8-4-15(24)5-9-17/h4-13,27H,3H2,1-2H3. The average molecular weight is 407 g/mol. The van der Waals surface area contributed by atoms with Crippen molar-refractivity contribution in [1.82, 2.24) is 9.55 Å². The van der Waals surface area contributed by atoms with Gasteiger partial charge in [0.2, 0.25) is 5.88 Å². The first-order valence-electron chi connectivity index (χ1n) is 9.45. The first-order chi connectivity index (χ1) is 14.5. The highest BCUT2D eigenvalue weighted by atomic mass is 19.1. The van der Waals surface area contributed by atoms with Gasteiger partial charge in [0.1, 0.15) is 22.8 Å². The summed E-state index contributed by atoms with van der Waals surface area (Å²) in [5.74, 6) is -0.0384. The van der Waals surface area contributed by atoms with Crippen molar-refractivity contribution in [3.8, 4) is 11.6 Å². The SMILES string of the molecule is CCOc1nc(C)cc2c1c(=O)cc(Nc1ccc(F)cc1)n2-c1ccc(F)cc1. The molecular weight excluding hydrogens is 388 g/mol. The van der Waals surface area contributed by atoms with Crippen molar-refractivity contribution in [2.45, 2.75) is 13.8 Å². The number of fused-ring (bicyclic) bond motifs is 1. The van der Waals surface area contributed by atoms with Crippen LogP contribution < -0.4 is 15.5 Å². The maximum atomic E-state index is 13.6. The molecule has 0 fully saturated rings. The summed E-state index contributed by atoms with van der Waals surface area (Å²) in [4.78, 5) is 17.4. The Bertz CT molecular complexity index is 1270. The van der Waals surface area contributed by atoms with Crippen LogP contribution in [0.1, 0.15) is 12.6 Å². The maximum absolute atomic E-state index is 13.6. The lowest BCUT2D eigenvalue weighted by molar-refractivity contribution is 0.330. The number of aryl methyl sites for hydroxylation is 1. The van der Waals surface area contributed by atoms with E-state index in [0.29, 0.717) is 40.4 Å². The predicted octanol–water partition coefficient (Wildman–Crippen LogP) is 5.11. The molecular formula is C23H19F2N3O2. The lowest BCUT2D eigenvalue weighted by Crippen LogP contribution is -2.14. The second-order valence-electron chi connectivity index (χ2n) is 6.73. The Morgan fingerprint density at radius 1 is 1.00 bits per heavy atom. The Kier molecular flexibility index (Phi) is 5.18. The quantitative estimate of drug-likeness (QED) is 0.499. The first-order valence-corrected chi connectivity index (χ1v) is 9.45. The van der Waals surface area contributed by atoms with Crippen LogP contribution >= 0.6 is 0 Å². The second kappa shape index (κ2) is 7.94. The molecule has 2 aromatic heterocycles. The van der Waals surface area contributed by atoms with E-state index in [-0.39, 0.29) is 22.9 Å². The van der Waals surface area contributed by atoms with Crippen LogP contribution in [-0.2, 0) is 0 Å². The molecule has 2 aromatic carbocycles. The van der Waals surface area contributed by atoms with Crippen molar-refractivity contribution in [2.24, 2.45) is 0 Å². The molecule has 152 valence electrons. The number of ether oxygens (including phenoxy) is 1. The first kappa shape index (κ1) is 19.6. The number of hydrogen-bond acceptors (Lipinski definition) is 4. The number of pyridine rings is 2. The molecule has 0 aliphatic rings. The van der Waals surface area contributed by atoms with E-state index in [0.717, 1.165) is 0 Å². The fraction of sp³-hybridized carbons (Fsp3) is 0.130. The zero-order chi connectivity index (χ0) is 21.3. The molecule has 0 aliphatic carbocycles. The van der Waals surface area contributed by atoms with Crippen molar-refractivity contribution in [2.75, 3.05) is 11.9 Å².